The SMILES string of the molecule is CC(NC(=O)c1ccoc1)C(=O)NCCOc1ccccc1. The fourth-order valence-corrected chi connectivity index (χ4v) is 1.75. The maximum Gasteiger partial charge on any atom is 0.255 e. The molecule has 1 heterocycles. The van der Waals surface area contributed by atoms with Crippen LogP contribution >= 0.6 is 0 Å². The van der Waals surface area contributed by atoms with E-state index >= 15 is 0 Å². The van der Waals surface area contributed by atoms with Gasteiger partial charge in [0.05, 0.1) is 18.4 Å². The summed E-state index contributed by atoms with van der Waals surface area (Å²) in [5, 5.41) is 5.29. The lowest BCUT2D eigenvalue weighted by atomic mass is 10.2. The molecule has 22 heavy (non-hydrogen) atoms. The summed E-state index contributed by atoms with van der Waals surface area (Å²) in [6.45, 7) is 2.34. The average molecular weight is 302 g/mol. The first-order chi connectivity index (χ1) is 10.7. The van der Waals surface area contributed by atoms with E-state index in [0.717, 1.165) is 5.75 Å². The third-order valence-electron chi connectivity index (χ3n) is 2.94. The Morgan fingerprint density at radius 1 is 1.23 bits per heavy atom. The Morgan fingerprint density at radius 3 is 2.68 bits per heavy atom. The first-order valence-electron chi connectivity index (χ1n) is 6.95. The van der Waals surface area contributed by atoms with E-state index in [0.29, 0.717) is 18.7 Å². The maximum absolute atomic E-state index is 11.9. The summed E-state index contributed by atoms with van der Waals surface area (Å²) < 4.78 is 10.3. The van der Waals surface area contributed by atoms with Gasteiger partial charge in [-0.15, -0.1) is 0 Å². The maximum atomic E-state index is 11.9. The summed E-state index contributed by atoms with van der Waals surface area (Å²) in [6.07, 6.45) is 2.73. The molecular weight excluding hydrogens is 284 g/mol. The number of hydrogen-bond donors (Lipinski definition) is 2. The van der Waals surface area contributed by atoms with Crippen molar-refractivity contribution >= 4 is 11.8 Å². The Hall–Kier alpha value is -2.76. The molecule has 116 valence electrons. The van der Waals surface area contributed by atoms with Gasteiger partial charge in [0.1, 0.15) is 24.7 Å². The van der Waals surface area contributed by atoms with Crippen LogP contribution in [-0.4, -0.2) is 31.0 Å². The minimum atomic E-state index is -0.640. The fraction of sp³-hybridized carbons (Fsp3) is 0.250. The quantitative estimate of drug-likeness (QED) is 0.761. The highest BCUT2D eigenvalue weighted by molar-refractivity contribution is 5.97. The van der Waals surface area contributed by atoms with Crippen molar-refractivity contribution in [1.29, 1.82) is 0 Å². The normalized spacial score (nSPS) is 11.5. The zero-order valence-electron chi connectivity index (χ0n) is 12.2. The lowest BCUT2D eigenvalue weighted by Gasteiger charge is -2.14. The van der Waals surface area contributed by atoms with Crippen molar-refractivity contribution < 1.29 is 18.7 Å². The number of ether oxygens (including phenoxy) is 1. The number of carbonyl (C=O) groups excluding carboxylic acids is 2. The van der Waals surface area contributed by atoms with Crippen LogP contribution in [0.15, 0.2) is 53.3 Å². The highest BCUT2D eigenvalue weighted by atomic mass is 16.5. The van der Waals surface area contributed by atoms with Crippen LogP contribution in [0.4, 0.5) is 0 Å². The Bertz CT molecular complexity index is 596. The Balaban J connectivity index is 1.67. The van der Waals surface area contributed by atoms with Crippen molar-refractivity contribution in [2.75, 3.05) is 13.2 Å². The minimum absolute atomic E-state index is 0.270. The molecule has 6 heteroatoms. The van der Waals surface area contributed by atoms with E-state index in [1.54, 1.807) is 6.92 Å². The van der Waals surface area contributed by atoms with Crippen LogP contribution in [0.1, 0.15) is 17.3 Å². The smallest absolute Gasteiger partial charge is 0.255 e. The number of benzene rings is 1. The Morgan fingerprint density at radius 2 is 2.00 bits per heavy atom. The summed E-state index contributed by atoms with van der Waals surface area (Å²) in [4.78, 5) is 23.6. The van der Waals surface area contributed by atoms with Crippen molar-refractivity contribution in [3.63, 3.8) is 0 Å². The molecule has 0 spiro atoms. The molecule has 0 saturated carbocycles. The molecule has 1 aromatic carbocycles. The molecule has 0 aliphatic carbocycles. The molecule has 1 aromatic heterocycles. The van der Waals surface area contributed by atoms with Gasteiger partial charge in [0, 0.05) is 0 Å². The van der Waals surface area contributed by atoms with Gasteiger partial charge in [-0.05, 0) is 25.1 Å². The lowest BCUT2D eigenvalue weighted by Crippen LogP contribution is -2.45. The topological polar surface area (TPSA) is 80.6 Å². The van der Waals surface area contributed by atoms with Gasteiger partial charge in [0.2, 0.25) is 5.91 Å². The molecule has 0 radical (unpaired) electrons. The fourth-order valence-electron chi connectivity index (χ4n) is 1.75. The van der Waals surface area contributed by atoms with Crippen molar-refractivity contribution in [3.8, 4) is 5.75 Å². The van der Waals surface area contributed by atoms with Crippen molar-refractivity contribution in [3.05, 3.63) is 54.5 Å². The highest BCUT2D eigenvalue weighted by Gasteiger charge is 2.16. The predicted octanol–water partition coefficient (Wildman–Crippen LogP) is 1.59. The first-order valence-corrected chi connectivity index (χ1v) is 6.95. The van der Waals surface area contributed by atoms with Gasteiger partial charge in [0.25, 0.3) is 5.91 Å². The average Bonchev–Trinajstić information content (AvgIpc) is 3.07. The van der Waals surface area contributed by atoms with E-state index in [1.807, 2.05) is 30.3 Å². The predicted molar refractivity (Wildman–Crippen MR) is 80.6 cm³/mol. The third kappa shape index (κ3) is 4.66. The second-order valence-corrected chi connectivity index (χ2v) is 4.66. The van der Waals surface area contributed by atoms with Gasteiger partial charge in [-0.1, -0.05) is 18.2 Å². The minimum Gasteiger partial charge on any atom is -0.492 e. The van der Waals surface area contributed by atoms with E-state index in [1.165, 1.54) is 18.6 Å². The summed E-state index contributed by atoms with van der Waals surface area (Å²) in [5.74, 6) is 0.128. The number of furan rings is 1. The molecular formula is C16H18N2O4. The summed E-state index contributed by atoms with van der Waals surface area (Å²) in [5.41, 5.74) is 0.382. The lowest BCUT2D eigenvalue weighted by molar-refractivity contribution is -0.122. The molecule has 0 aliphatic rings. The summed E-state index contributed by atoms with van der Waals surface area (Å²) >= 11 is 0. The summed E-state index contributed by atoms with van der Waals surface area (Å²) in [6, 6.07) is 10.2. The molecule has 2 N–H and O–H groups in total. The van der Waals surface area contributed by atoms with Crippen LogP contribution in [-0.2, 0) is 4.79 Å². The zero-order chi connectivity index (χ0) is 15.8. The second-order valence-electron chi connectivity index (χ2n) is 4.66. The van der Waals surface area contributed by atoms with E-state index in [4.69, 9.17) is 9.15 Å². The van der Waals surface area contributed by atoms with Gasteiger partial charge in [-0.3, -0.25) is 9.59 Å². The van der Waals surface area contributed by atoms with Crippen LogP contribution in [0, 0.1) is 0 Å². The van der Waals surface area contributed by atoms with Gasteiger partial charge >= 0.3 is 0 Å². The molecule has 0 aliphatic heterocycles. The van der Waals surface area contributed by atoms with Gasteiger partial charge in [-0.25, -0.2) is 0 Å². The largest absolute Gasteiger partial charge is 0.492 e. The van der Waals surface area contributed by atoms with Crippen molar-refractivity contribution in [1.82, 2.24) is 10.6 Å². The third-order valence-corrected chi connectivity index (χ3v) is 2.94. The van der Waals surface area contributed by atoms with Crippen LogP contribution < -0.4 is 15.4 Å². The van der Waals surface area contributed by atoms with Crippen LogP contribution in [0.25, 0.3) is 0 Å². The highest BCUT2D eigenvalue weighted by Crippen LogP contribution is 2.07. The van der Waals surface area contributed by atoms with Crippen LogP contribution in [0.5, 0.6) is 5.75 Å². The number of para-hydroxylation sites is 1. The zero-order valence-corrected chi connectivity index (χ0v) is 12.2. The van der Waals surface area contributed by atoms with Crippen molar-refractivity contribution in [2.24, 2.45) is 0 Å². The molecule has 2 rings (SSSR count). The number of hydrogen-bond acceptors (Lipinski definition) is 4. The molecule has 1 atom stereocenters. The summed E-state index contributed by atoms with van der Waals surface area (Å²) in [7, 11) is 0. The van der Waals surface area contributed by atoms with Crippen LogP contribution in [0.3, 0.4) is 0 Å². The van der Waals surface area contributed by atoms with E-state index in [-0.39, 0.29) is 11.8 Å². The molecule has 2 aromatic rings. The second kappa shape index (κ2) is 7.87. The molecule has 0 fully saturated rings. The standard InChI is InChI=1S/C16H18N2O4/c1-12(18-16(20)13-7-9-21-11-13)15(19)17-8-10-22-14-5-3-2-4-6-14/h2-7,9,11-12H,8,10H2,1H3,(H,17,19)(H,18,20). The number of carbonyl (C=O) groups is 2. The number of rotatable bonds is 7. The van der Waals surface area contributed by atoms with E-state index in [9.17, 15) is 9.59 Å². The van der Waals surface area contributed by atoms with Gasteiger partial charge in [-0.2, -0.15) is 0 Å². The molecule has 0 saturated heterocycles. The molecule has 1 unspecified atom stereocenters. The van der Waals surface area contributed by atoms with Gasteiger partial charge < -0.3 is 19.8 Å². The van der Waals surface area contributed by atoms with E-state index in [2.05, 4.69) is 10.6 Å². The Labute approximate surface area is 128 Å². The molecule has 2 amide bonds. The first kappa shape index (κ1) is 15.6. The number of nitrogens with one attached hydrogen (secondary N) is 2. The van der Waals surface area contributed by atoms with E-state index < -0.39 is 6.04 Å². The van der Waals surface area contributed by atoms with Crippen LogP contribution in [0.2, 0.25) is 0 Å². The number of amides is 2. The van der Waals surface area contributed by atoms with Crippen molar-refractivity contribution in [2.45, 2.75) is 13.0 Å². The molecule has 0 bridgehead atoms. The molecule has 6 nitrogen and oxygen atoms in total. The Kier molecular flexibility index (Phi) is 5.59. The monoisotopic (exact) mass is 302 g/mol. The van der Waals surface area contributed by atoms with Gasteiger partial charge in [0.15, 0.2) is 0 Å².